The first-order chi connectivity index (χ1) is 12.2. The van der Waals surface area contributed by atoms with Gasteiger partial charge in [0.25, 0.3) is 0 Å². The number of anilines is 1. The Kier molecular flexibility index (Phi) is 5.52. The van der Waals surface area contributed by atoms with Gasteiger partial charge in [-0.1, -0.05) is 24.3 Å². The summed E-state index contributed by atoms with van der Waals surface area (Å²) >= 11 is 0. The molecule has 0 spiro atoms. The van der Waals surface area contributed by atoms with Crippen LogP contribution in [0.15, 0.2) is 48.5 Å². The molecule has 1 aliphatic heterocycles. The van der Waals surface area contributed by atoms with E-state index in [1.54, 1.807) is 6.07 Å². The van der Waals surface area contributed by atoms with Crippen LogP contribution in [0.4, 0.5) is 5.82 Å². The lowest BCUT2D eigenvalue weighted by molar-refractivity contribution is 0.0792. The minimum absolute atomic E-state index is 0.125. The average molecular weight is 337 g/mol. The third kappa shape index (κ3) is 4.28. The van der Waals surface area contributed by atoms with Crippen molar-refractivity contribution in [3.8, 4) is 11.8 Å². The number of para-hydroxylation sites is 1. The van der Waals surface area contributed by atoms with Gasteiger partial charge in [-0.15, -0.1) is 0 Å². The van der Waals surface area contributed by atoms with Gasteiger partial charge in [0, 0.05) is 18.5 Å². The zero-order valence-electron chi connectivity index (χ0n) is 14.3. The number of aromatic nitrogens is 1. The summed E-state index contributed by atoms with van der Waals surface area (Å²) in [7, 11) is 0. The Hall–Kier alpha value is -2.58. The van der Waals surface area contributed by atoms with Crippen LogP contribution in [0.1, 0.15) is 25.0 Å². The molecule has 1 fully saturated rings. The fourth-order valence-corrected chi connectivity index (χ4v) is 3.38. The molecular weight excluding hydrogens is 314 g/mol. The highest BCUT2D eigenvalue weighted by molar-refractivity contribution is 5.42. The Labute approximate surface area is 148 Å². The molecule has 0 radical (unpaired) electrons. The second-order valence-electron chi connectivity index (χ2n) is 6.59. The van der Waals surface area contributed by atoms with Crippen LogP contribution in [0.5, 0.6) is 5.75 Å². The van der Waals surface area contributed by atoms with Crippen molar-refractivity contribution in [1.29, 1.82) is 5.26 Å². The van der Waals surface area contributed by atoms with Crippen molar-refractivity contribution in [1.82, 2.24) is 4.98 Å². The molecule has 0 amide bonds. The monoisotopic (exact) mass is 337 g/mol. The predicted molar refractivity (Wildman–Crippen MR) is 96.5 cm³/mol. The van der Waals surface area contributed by atoms with Gasteiger partial charge in [-0.2, -0.15) is 5.26 Å². The van der Waals surface area contributed by atoms with Crippen molar-refractivity contribution in [2.24, 2.45) is 5.41 Å². The number of pyridine rings is 1. The Morgan fingerprint density at radius 1 is 1.20 bits per heavy atom. The van der Waals surface area contributed by atoms with E-state index in [0.29, 0.717) is 12.3 Å². The normalized spacial score (nSPS) is 20.1. The van der Waals surface area contributed by atoms with Gasteiger partial charge >= 0.3 is 0 Å². The molecule has 0 unspecified atom stereocenters. The zero-order chi connectivity index (χ0) is 17.5. The molecule has 5 nitrogen and oxygen atoms in total. The van der Waals surface area contributed by atoms with Crippen LogP contribution < -0.4 is 9.64 Å². The quantitative estimate of drug-likeness (QED) is 0.877. The van der Waals surface area contributed by atoms with Crippen LogP contribution in [-0.4, -0.2) is 36.4 Å². The van der Waals surface area contributed by atoms with Crippen LogP contribution in [0, 0.1) is 16.7 Å². The molecule has 2 aromatic rings. The zero-order valence-corrected chi connectivity index (χ0v) is 14.3. The second-order valence-corrected chi connectivity index (χ2v) is 6.59. The summed E-state index contributed by atoms with van der Waals surface area (Å²) in [5.41, 5.74) is 0.224. The van der Waals surface area contributed by atoms with E-state index in [9.17, 15) is 5.11 Å². The maximum atomic E-state index is 10.0. The first kappa shape index (κ1) is 17.2. The summed E-state index contributed by atoms with van der Waals surface area (Å²) in [6.45, 7) is 2.32. The summed E-state index contributed by atoms with van der Waals surface area (Å²) in [6.07, 6.45) is 2.74. The number of nitriles is 1. The van der Waals surface area contributed by atoms with E-state index in [-0.39, 0.29) is 12.0 Å². The van der Waals surface area contributed by atoms with Crippen molar-refractivity contribution < 1.29 is 9.84 Å². The van der Waals surface area contributed by atoms with Gasteiger partial charge in [-0.25, -0.2) is 4.98 Å². The lowest BCUT2D eigenvalue weighted by Crippen LogP contribution is -2.46. The molecule has 1 aromatic heterocycles. The second kappa shape index (κ2) is 8.00. The van der Waals surface area contributed by atoms with Crippen molar-refractivity contribution >= 4 is 5.82 Å². The molecular formula is C20H23N3O2. The maximum Gasteiger partial charge on any atom is 0.142 e. The molecule has 5 heteroatoms. The molecule has 3 rings (SSSR count). The van der Waals surface area contributed by atoms with Crippen molar-refractivity contribution in [3.63, 3.8) is 0 Å². The average Bonchev–Trinajstić information content (AvgIpc) is 2.69. The summed E-state index contributed by atoms with van der Waals surface area (Å²) in [5, 5.41) is 19.1. The van der Waals surface area contributed by atoms with E-state index in [2.05, 4.69) is 16.0 Å². The van der Waals surface area contributed by atoms with E-state index in [4.69, 9.17) is 10.00 Å². The van der Waals surface area contributed by atoms with E-state index in [1.807, 2.05) is 42.5 Å². The number of benzene rings is 1. The number of piperidine rings is 1. The van der Waals surface area contributed by atoms with Gasteiger partial charge in [0.1, 0.15) is 23.3 Å². The van der Waals surface area contributed by atoms with Crippen LogP contribution in [0.25, 0.3) is 0 Å². The minimum Gasteiger partial charge on any atom is -0.494 e. The summed E-state index contributed by atoms with van der Waals surface area (Å²) in [6, 6.07) is 17.3. The first-order valence-electron chi connectivity index (χ1n) is 8.65. The summed E-state index contributed by atoms with van der Waals surface area (Å²) < 4.78 is 5.82. The number of hydrogen-bond donors (Lipinski definition) is 1. The number of ether oxygens (including phenoxy) is 1. The summed E-state index contributed by atoms with van der Waals surface area (Å²) in [4.78, 5) is 6.56. The molecule has 0 saturated carbocycles. The Balaban J connectivity index is 1.65. The van der Waals surface area contributed by atoms with Crippen molar-refractivity contribution in [2.75, 3.05) is 31.2 Å². The van der Waals surface area contributed by atoms with Crippen LogP contribution >= 0.6 is 0 Å². The van der Waals surface area contributed by atoms with Gasteiger partial charge in [0.2, 0.25) is 0 Å². The molecule has 0 aliphatic carbocycles. The first-order valence-corrected chi connectivity index (χ1v) is 8.65. The van der Waals surface area contributed by atoms with Crippen LogP contribution in [0.2, 0.25) is 0 Å². The van der Waals surface area contributed by atoms with Gasteiger partial charge in [-0.05, 0) is 43.5 Å². The molecule has 2 heterocycles. The molecule has 0 bridgehead atoms. The molecule has 1 aliphatic rings. The third-order valence-corrected chi connectivity index (χ3v) is 4.81. The van der Waals surface area contributed by atoms with E-state index in [1.165, 1.54) is 0 Å². The number of rotatable bonds is 6. The molecule has 130 valence electrons. The molecule has 1 aromatic carbocycles. The van der Waals surface area contributed by atoms with Gasteiger partial charge in [-0.3, -0.25) is 0 Å². The van der Waals surface area contributed by atoms with Crippen molar-refractivity contribution in [3.05, 3.63) is 54.2 Å². The van der Waals surface area contributed by atoms with Crippen LogP contribution in [-0.2, 0) is 0 Å². The molecule has 1 saturated heterocycles. The lowest BCUT2D eigenvalue weighted by atomic mass is 9.78. The highest BCUT2D eigenvalue weighted by atomic mass is 16.5. The van der Waals surface area contributed by atoms with Gasteiger partial charge in [0.05, 0.1) is 13.2 Å². The summed E-state index contributed by atoms with van der Waals surface area (Å²) in [5.74, 6) is 1.66. The van der Waals surface area contributed by atoms with Crippen molar-refractivity contribution in [2.45, 2.75) is 19.3 Å². The Morgan fingerprint density at radius 3 is 2.80 bits per heavy atom. The number of nitrogens with zero attached hydrogens (tertiary/aromatic N) is 3. The number of hydrogen-bond acceptors (Lipinski definition) is 5. The van der Waals surface area contributed by atoms with E-state index in [0.717, 1.165) is 43.9 Å². The fourth-order valence-electron chi connectivity index (χ4n) is 3.38. The highest BCUT2D eigenvalue weighted by Crippen LogP contribution is 2.35. The molecule has 1 atom stereocenters. The predicted octanol–water partition coefficient (Wildman–Crippen LogP) is 3.00. The van der Waals surface area contributed by atoms with E-state index < -0.39 is 0 Å². The van der Waals surface area contributed by atoms with Crippen LogP contribution in [0.3, 0.4) is 0 Å². The largest absolute Gasteiger partial charge is 0.494 e. The minimum atomic E-state index is -0.197. The third-order valence-electron chi connectivity index (χ3n) is 4.81. The SMILES string of the molecule is N#Cc1cccc(N2CCC[C@@](CO)(CCOc3ccccc3)C2)n1. The highest BCUT2D eigenvalue weighted by Gasteiger charge is 2.35. The lowest BCUT2D eigenvalue weighted by Gasteiger charge is -2.42. The number of aliphatic hydroxyl groups excluding tert-OH is 1. The smallest absolute Gasteiger partial charge is 0.142 e. The topological polar surface area (TPSA) is 69.4 Å². The maximum absolute atomic E-state index is 10.0. The van der Waals surface area contributed by atoms with Gasteiger partial charge in [0.15, 0.2) is 0 Å². The molecule has 25 heavy (non-hydrogen) atoms. The Morgan fingerprint density at radius 2 is 2.04 bits per heavy atom. The number of aliphatic hydroxyl groups is 1. The molecule has 1 N–H and O–H groups in total. The fraction of sp³-hybridized carbons (Fsp3) is 0.400. The standard InChI is InChI=1S/C20H23N3O2/c21-14-17-6-4-9-19(22-17)23-12-5-10-20(15-23,16-24)11-13-25-18-7-2-1-3-8-18/h1-4,6-9,24H,5,10-13,15-16H2/t20-/m1/s1. The van der Waals surface area contributed by atoms with E-state index >= 15 is 0 Å². The van der Waals surface area contributed by atoms with Gasteiger partial charge < -0.3 is 14.7 Å². The Bertz CT molecular complexity index is 729.